The Bertz CT molecular complexity index is 1070. The number of benzene rings is 1. The molecule has 1 saturated heterocycles. The molecule has 0 bridgehead atoms. The van der Waals surface area contributed by atoms with Gasteiger partial charge in [-0.15, -0.1) is 0 Å². The van der Waals surface area contributed by atoms with E-state index in [0.29, 0.717) is 30.8 Å². The van der Waals surface area contributed by atoms with E-state index in [4.69, 9.17) is 4.42 Å². The molecule has 1 atom stereocenters. The third-order valence-corrected chi connectivity index (χ3v) is 5.56. The average molecular weight is 380 g/mol. The van der Waals surface area contributed by atoms with Gasteiger partial charge in [0.25, 0.3) is 5.91 Å². The van der Waals surface area contributed by atoms with Gasteiger partial charge in [0.05, 0.1) is 0 Å². The second kappa shape index (κ2) is 7.64. The molecular weight excluding hydrogens is 356 g/mol. The van der Waals surface area contributed by atoms with Crippen LogP contribution in [0.5, 0.6) is 0 Å². The van der Waals surface area contributed by atoms with Crippen LogP contribution in [0.2, 0.25) is 0 Å². The zero-order valence-electron chi connectivity index (χ0n) is 15.9. The number of aliphatic hydroxyl groups excluding tert-OH is 1. The molecule has 1 fully saturated rings. The van der Waals surface area contributed by atoms with Crippen LogP contribution in [0.1, 0.15) is 33.7 Å². The molecule has 4 rings (SSSR count). The van der Waals surface area contributed by atoms with E-state index in [1.165, 1.54) is 10.9 Å². The van der Waals surface area contributed by atoms with E-state index in [2.05, 4.69) is 11.1 Å². The van der Waals surface area contributed by atoms with E-state index in [1.54, 1.807) is 17.9 Å². The molecule has 3 heterocycles. The minimum atomic E-state index is -0.577. The summed E-state index contributed by atoms with van der Waals surface area (Å²) in [5, 5.41) is 10.4. The number of H-pyrrole nitrogens is 1. The third kappa shape index (κ3) is 3.47. The first-order valence-electron chi connectivity index (χ1n) is 9.65. The third-order valence-electron chi connectivity index (χ3n) is 5.56. The van der Waals surface area contributed by atoms with Crippen molar-refractivity contribution in [2.24, 2.45) is 5.92 Å². The number of aromatic amines is 1. The highest BCUT2D eigenvalue weighted by Crippen LogP contribution is 2.21. The van der Waals surface area contributed by atoms with Gasteiger partial charge in [-0.25, -0.2) is 4.79 Å². The number of carbonyl (C=O) groups excluding carboxylic acids is 1. The monoisotopic (exact) mass is 380 g/mol. The second-order valence-corrected chi connectivity index (χ2v) is 7.51. The van der Waals surface area contributed by atoms with Crippen molar-refractivity contribution in [1.29, 1.82) is 0 Å². The molecule has 0 radical (unpaired) electrons. The quantitative estimate of drug-likeness (QED) is 0.712. The van der Waals surface area contributed by atoms with Crippen LogP contribution in [-0.2, 0) is 12.8 Å². The molecule has 2 N–H and O–H groups in total. The van der Waals surface area contributed by atoms with Crippen LogP contribution >= 0.6 is 0 Å². The summed E-state index contributed by atoms with van der Waals surface area (Å²) in [6.07, 6.45) is 4.07. The zero-order chi connectivity index (χ0) is 19.7. The minimum Gasteiger partial charge on any atom is -0.427 e. The second-order valence-electron chi connectivity index (χ2n) is 7.51. The van der Waals surface area contributed by atoms with Crippen molar-refractivity contribution >= 4 is 16.8 Å². The number of nitrogens with one attached hydrogen (secondary N) is 1. The highest BCUT2D eigenvalue weighted by Gasteiger charge is 2.29. The smallest absolute Gasteiger partial charge is 0.349 e. The standard InChI is InChI=1S/C22H24N2O4/c1-14-10-17(7-6-16-11-23-19-5-3-2-4-18(16)19)28-22(27)20(14)21(26)24-9-8-15(12-24)13-25/h2-5,10-11,15,23,25H,6-9,12-13H2,1H3. The number of hydrogen-bond acceptors (Lipinski definition) is 4. The average Bonchev–Trinajstić information content (AvgIpc) is 3.33. The van der Waals surface area contributed by atoms with Crippen LogP contribution in [0.25, 0.3) is 10.9 Å². The lowest BCUT2D eigenvalue weighted by Crippen LogP contribution is -2.33. The summed E-state index contributed by atoms with van der Waals surface area (Å²) >= 11 is 0. The maximum absolute atomic E-state index is 12.7. The molecule has 1 amide bonds. The van der Waals surface area contributed by atoms with E-state index < -0.39 is 5.63 Å². The fraction of sp³-hybridized carbons (Fsp3) is 0.364. The Balaban J connectivity index is 1.51. The summed E-state index contributed by atoms with van der Waals surface area (Å²) < 4.78 is 5.47. The largest absolute Gasteiger partial charge is 0.427 e. The van der Waals surface area contributed by atoms with Crippen LogP contribution in [0.15, 0.2) is 45.7 Å². The number of aromatic nitrogens is 1. The van der Waals surface area contributed by atoms with Gasteiger partial charge in [-0.2, -0.15) is 0 Å². The highest BCUT2D eigenvalue weighted by molar-refractivity contribution is 5.95. The molecule has 1 aliphatic heterocycles. The van der Waals surface area contributed by atoms with Gasteiger partial charge in [0, 0.05) is 49.1 Å². The van der Waals surface area contributed by atoms with Gasteiger partial charge in [0.15, 0.2) is 0 Å². The van der Waals surface area contributed by atoms with Crippen molar-refractivity contribution in [2.45, 2.75) is 26.2 Å². The molecule has 0 aliphatic carbocycles. The number of carbonyl (C=O) groups is 1. The number of rotatable bonds is 5. The molecule has 1 aliphatic rings. The van der Waals surface area contributed by atoms with E-state index in [9.17, 15) is 14.7 Å². The maximum Gasteiger partial charge on any atom is 0.349 e. The van der Waals surface area contributed by atoms with Crippen molar-refractivity contribution in [3.05, 3.63) is 69.4 Å². The zero-order valence-corrected chi connectivity index (χ0v) is 15.9. The Morgan fingerprint density at radius 2 is 2.14 bits per heavy atom. The molecule has 3 aromatic rings. The molecule has 6 heteroatoms. The first-order chi connectivity index (χ1) is 13.6. The summed E-state index contributed by atoms with van der Waals surface area (Å²) in [5.41, 5.74) is 2.43. The summed E-state index contributed by atoms with van der Waals surface area (Å²) in [7, 11) is 0. The molecule has 146 valence electrons. The van der Waals surface area contributed by atoms with Gasteiger partial charge in [-0.05, 0) is 43.0 Å². The van der Waals surface area contributed by atoms with Crippen molar-refractivity contribution < 1.29 is 14.3 Å². The van der Waals surface area contributed by atoms with Crippen molar-refractivity contribution in [3.63, 3.8) is 0 Å². The van der Waals surface area contributed by atoms with Gasteiger partial charge >= 0.3 is 5.63 Å². The Kier molecular flexibility index (Phi) is 5.05. The van der Waals surface area contributed by atoms with Gasteiger partial charge < -0.3 is 19.4 Å². The van der Waals surface area contributed by atoms with Crippen molar-refractivity contribution in [1.82, 2.24) is 9.88 Å². The van der Waals surface area contributed by atoms with Gasteiger partial charge in [0.2, 0.25) is 0 Å². The topological polar surface area (TPSA) is 86.5 Å². The number of fused-ring (bicyclic) bond motifs is 1. The summed E-state index contributed by atoms with van der Waals surface area (Å²) in [5.74, 6) is 0.371. The lowest BCUT2D eigenvalue weighted by atomic mass is 10.1. The highest BCUT2D eigenvalue weighted by atomic mass is 16.4. The number of aliphatic hydroxyl groups is 1. The maximum atomic E-state index is 12.7. The van der Waals surface area contributed by atoms with Crippen LogP contribution in [0.4, 0.5) is 0 Å². The predicted molar refractivity (Wildman–Crippen MR) is 107 cm³/mol. The Hall–Kier alpha value is -2.86. The van der Waals surface area contributed by atoms with Crippen molar-refractivity contribution in [2.75, 3.05) is 19.7 Å². The summed E-state index contributed by atoms with van der Waals surface area (Å²) in [6, 6.07) is 9.89. The first kappa shape index (κ1) is 18.5. The van der Waals surface area contributed by atoms with Crippen LogP contribution < -0.4 is 5.63 Å². The van der Waals surface area contributed by atoms with E-state index >= 15 is 0 Å². The van der Waals surface area contributed by atoms with E-state index in [1.807, 2.05) is 24.4 Å². The summed E-state index contributed by atoms with van der Waals surface area (Å²) in [6.45, 7) is 2.88. The Morgan fingerprint density at radius 3 is 2.89 bits per heavy atom. The predicted octanol–water partition coefficient (Wildman–Crippen LogP) is 2.67. The van der Waals surface area contributed by atoms with E-state index in [-0.39, 0.29) is 24.0 Å². The number of amides is 1. The Labute approximate surface area is 162 Å². The SMILES string of the molecule is Cc1cc(CCc2c[nH]c3ccccc23)oc(=O)c1C(=O)N1CCC(CO)C1. The normalized spacial score (nSPS) is 16.8. The summed E-state index contributed by atoms with van der Waals surface area (Å²) in [4.78, 5) is 30.1. The van der Waals surface area contributed by atoms with Crippen LogP contribution in [-0.4, -0.2) is 40.6 Å². The number of likely N-dealkylation sites (tertiary alicyclic amines) is 1. The van der Waals surface area contributed by atoms with E-state index in [0.717, 1.165) is 18.4 Å². The van der Waals surface area contributed by atoms with Crippen LogP contribution in [0, 0.1) is 12.8 Å². The number of nitrogens with zero attached hydrogens (tertiary/aromatic N) is 1. The lowest BCUT2D eigenvalue weighted by molar-refractivity contribution is 0.0776. The molecule has 6 nitrogen and oxygen atoms in total. The molecule has 1 unspecified atom stereocenters. The first-order valence-corrected chi connectivity index (χ1v) is 9.65. The fourth-order valence-corrected chi connectivity index (χ4v) is 3.97. The number of hydrogen-bond donors (Lipinski definition) is 2. The number of para-hydroxylation sites is 1. The molecule has 2 aromatic heterocycles. The fourth-order valence-electron chi connectivity index (χ4n) is 3.97. The van der Waals surface area contributed by atoms with Crippen LogP contribution in [0.3, 0.4) is 0 Å². The van der Waals surface area contributed by atoms with Gasteiger partial charge in [-0.3, -0.25) is 4.79 Å². The molecule has 28 heavy (non-hydrogen) atoms. The minimum absolute atomic E-state index is 0.0597. The molecular formula is C22H24N2O4. The lowest BCUT2D eigenvalue weighted by Gasteiger charge is -2.16. The van der Waals surface area contributed by atoms with Gasteiger partial charge in [-0.1, -0.05) is 18.2 Å². The van der Waals surface area contributed by atoms with Crippen molar-refractivity contribution in [3.8, 4) is 0 Å². The number of aryl methyl sites for hydroxylation is 3. The Morgan fingerprint density at radius 1 is 1.32 bits per heavy atom. The van der Waals surface area contributed by atoms with Gasteiger partial charge in [0.1, 0.15) is 11.3 Å². The molecule has 1 aromatic carbocycles. The molecule has 0 spiro atoms. The molecule has 0 saturated carbocycles.